The fourth-order valence-corrected chi connectivity index (χ4v) is 2.74. The number of aromatic hydroxyl groups is 1. The fraction of sp³-hybridized carbons (Fsp3) is 0. The molecule has 2 aromatic carbocycles. The molecular weight excluding hydrogens is 422 g/mol. The molecule has 0 aliphatic carbocycles. The molecule has 4 N–H and O–H groups in total. The number of carbonyl (C=O) groups is 1. The highest BCUT2D eigenvalue weighted by Crippen LogP contribution is 2.28. The highest BCUT2D eigenvalue weighted by Gasteiger charge is 2.25. The van der Waals surface area contributed by atoms with Crippen LogP contribution in [0.1, 0.15) is 16.1 Å². The molecule has 0 fully saturated rings. The van der Waals surface area contributed by atoms with Crippen LogP contribution in [0.15, 0.2) is 58.3 Å². The molecule has 4 aromatic rings. The van der Waals surface area contributed by atoms with Gasteiger partial charge in [-0.25, -0.2) is 10.1 Å². The number of nitro benzene ring substituents is 1. The molecule has 0 spiro atoms. The van der Waals surface area contributed by atoms with E-state index in [0.717, 1.165) is 4.68 Å². The van der Waals surface area contributed by atoms with Gasteiger partial charge in [0.1, 0.15) is 11.4 Å². The van der Waals surface area contributed by atoms with E-state index in [1.54, 1.807) is 12.1 Å². The Hall–Kier alpha value is -5.14. The Labute approximate surface area is 178 Å². The number of nitrogens with two attached hydrogens (primary N) is 1. The number of anilines is 1. The second kappa shape index (κ2) is 8.31. The van der Waals surface area contributed by atoms with E-state index in [4.69, 9.17) is 5.73 Å². The topological polar surface area (TPSA) is 200 Å². The normalized spacial score (nSPS) is 11.0. The van der Waals surface area contributed by atoms with E-state index in [2.05, 4.69) is 35.8 Å². The molecule has 4 rings (SSSR count). The molecule has 14 heteroatoms. The average molecular weight is 435 g/mol. The first-order valence-electron chi connectivity index (χ1n) is 8.85. The number of phenols is 1. The summed E-state index contributed by atoms with van der Waals surface area (Å²) in [6, 6.07) is 11.6. The van der Waals surface area contributed by atoms with Crippen molar-refractivity contribution in [3.05, 3.63) is 69.9 Å². The summed E-state index contributed by atoms with van der Waals surface area (Å²) in [4.78, 5) is 23.2. The lowest BCUT2D eigenvalue weighted by atomic mass is 10.1. The summed E-state index contributed by atoms with van der Waals surface area (Å²) in [5.74, 6) is -0.807. The van der Waals surface area contributed by atoms with E-state index in [9.17, 15) is 20.0 Å². The Morgan fingerprint density at radius 1 is 1.25 bits per heavy atom. The summed E-state index contributed by atoms with van der Waals surface area (Å²) < 4.78 is 5.71. The summed E-state index contributed by atoms with van der Waals surface area (Å²) in [7, 11) is 0. The van der Waals surface area contributed by atoms with Gasteiger partial charge in [-0.05, 0) is 40.1 Å². The van der Waals surface area contributed by atoms with Crippen molar-refractivity contribution in [3.63, 3.8) is 0 Å². The largest absolute Gasteiger partial charge is 0.508 e. The van der Waals surface area contributed by atoms with Gasteiger partial charge in [0.15, 0.2) is 5.69 Å². The first-order chi connectivity index (χ1) is 15.4. The summed E-state index contributed by atoms with van der Waals surface area (Å²) in [6.07, 6.45) is 1.33. The van der Waals surface area contributed by atoms with Crippen LogP contribution in [-0.4, -0.2) is 47.5 Å². The maximum absolute atomic E-state index is 12.7. The number of hydrogen-bond donors (Lipinski definition) is 3. The predicted octanol–water partition coefficient (Wildman–Crippen LogP) is 1.28. The molecule has 0 aliphatic heterocycles. The molecule has 0 saturated heterocycles. The Bertz CT molecular complexity index is 1330. The Morgan fingerprint density at radius 2 is 2.03 bits per heavy atom. The Kier molecular flexibility index (Phi) is 5.23. The molecule has 0 unspecified atom stereocenters. The summed E-state index contributed by atoms with van der Waals surface area (Å²) in [5.41, 5.74) is 8.80. The number of rotatable bonds is 6. The number of benzene rings is 2. The lowest BCUT2D eigenvalue weighted by molar-refractivity contribution is -0.384. The highest BCUT2D eigenvalue weighted by atomic mass is 16.6. The van der Waals surface area contributed by atoms with Gasteiger partial charge in [0, 0.05) is 17.7 Å². The van der Waals surface area contributed by atoms with Gasteiger partial charge in [-0.2, -0.15) is 9.78 Å². The second-order valence-electron chi connectivity index (χ2n) is 6.27. The van der Waals surface area contributed by atoms with Gasteiger partial charge in [-0.3, -0.25) is 14.9 Å². The molecule has 2 heterocycles. The van der Waals surface area contributed by atoms with Gasteiger partial charge in [0.2, 0.25) is 11.6 Å². The molecule has 0 radical (unpaired) electrons. The van der Waals surface area contributed by atoms with Crippen LogP contribution >= 0.6 is 0 Å². The number of aromatic nitrogens is 5. The van der Waals surface area contributed by atoms with Crippen molar-refractivity contribution in [3.8, 4) is 22.8 Å². The van der Waals surface area contributed by atoms with Crippen LogP contribution < -0.4 is 11.2 Å². The number of hydrazone groups is 1. The SMILES string of the molecule is Nc1nonc1-n1nnc(C(=O)N/N=C/c2cccc(O)c2)c1-c1ccc([N+](=O)[O-])cc1. The van der Waals surface area contributed by atoms with E-state index in [1.165, 1.54) is 42.6 Å². The van der Waals surface area contributed by atoms with Crippen LogP contribution in [0.2, 0.25) is 0 Å². The third-order valence-electron chi connectivity index (χ3n) is 4.18. The zero-order chi connectivity index (χ0) is 22.7. The number of carbonyl (C=O) groups excluding carboxylic acids is 1. The van der Waals surface area contributed by atoms with E-state index in [1.807, 2.05) is 0 Å². The second-order valence-corrected chi connectivity index (χ2v) is 6.27. The molecular formula is C18H13N9O5. The van der Waals surface area contributed by atoms with Gasteiger partial charge in [-0.15, -0.1) is 5.10 Å². The van der Waals surface area contributed by atoms with E-state index in [0.29, 0.717) is 11.1 Å². The monoisotopic (exact) mass is 435 g/mol. The fourth-order valence-electron chi connectivity index (χ4n) is 2.74. The van der Waals surface area contributed by atoms with Crippen molar-refractivity contribution in [2.24, 2.45) is 5.10 Å². The molecule has 32 heavy (non-hydrogen) atoms. The van der Waals surface area contributed by atoms with Crippen LogP contribution in [0.3, 0.4) is 0 Å². The Balaban J connectivity index is 1.70. The van der Waals surface area contributed by atoms with Crippen LogP contribution in [-0.2, 0) is 0 Å². The van der Waals surface area contributed by atoms with Gasteiger partial charge >= 0.3 is 0 Å². The van der Waals surface area contributed by atoms with Gasteiger partial charge in [0.05, 0.1) is 11.1 Å². The average Bonchev–Trinajstić information content (AvgIpc) is 3.39. The third-order valence-corrected chi connectivity index (χ3v) is 4.18. The third kappa shape index (κ3) is 3.95. The minimum absolute atomic E-state index is 0.0202. The lowest BCUT2D eigenvalue weighted by Crippen LogP contribution is -2.19. The van der Waals surface area contributed by atoms with Crippen molar-refractivity contribution in [2.75, 3.05) is 5.73 Å². The Morgan fingerprint density at radius 3 is 2.69 bits per heavy atom. The molecule has 14 nitrogen and oxygen atoms in total. The highest BCUT2D eigenvalue weighted by molar-refractivity contribution is 5.98. The first kappa shape index (κ1) is 20.1. The number of nitrogens with one attached hydrogen (secondary N) is 1. The molecule has 0 bridgehead atoms. The number of phenolic OH excluding ortho intramolecular Hbond substituents is 1. The van der Waals surface area contributed by atoms with E-state index in [-0.39, 0.29) is 34.5 Å². The standard InChI is InChI=1S/C18H13N9O5/c19-16-17(24-32-23-16)26-15(11-4-6-12(7-5-11)27(30)31)14(21-25-26)18(29)22-20-9-10-2-1-3-13(28)8-10/h1-9,28H,(H2,19,23)(H,22,29)/b20-9+. The van der Waals surface area contributed by atoms with Crippen molar-refractivity contribution >= 4 is 23.6 Å². The minimum Gasteiger partial charge on any atom is -0.508 e. The van der Waals surface area contributed by atoms with E-state index >= 15 is 0 Å². The molecule has 160 valence electrons. The van der Waals surface area contributed by atoms with Crippen LogP contribution in [0.25, 0.3) is 17.1 Å². The van der Waals surface area contributed by atoms with Crippen molar-refractivity contribution in [1.82, 2.24) is 30.7 Å². The number of nitrogens with zero attached hydrogens (tertiary/aromatic N) is 7. The molecule has 0 atom stereocenters. The smallest absolute Gasteiger partial charge is 0.294 e. The van der Waals surface area contributed by atoms with Gasteiger partial charge < -0.3 is 10.8 Å². The van der Waals surface area contributed by atoms with Gasteiger partial charge in [-0.1, -0.05) is 17.3 Å². The molecule has 0 saturated carbocycles. The number of amides is 1. The van der Waals surface area contributed by atoms with E-state index < -0.39 is 10.8 Å². The predicted molar refractivity (Wildman–Crippen MR) is 109 cm³/mol. The molecule has 2 aromatic heterocycles. The van der Waals surface area contributed by atoms with Crippen LogP contribution in [0.5, 0.6) is 5.75 Å². The summed E-state index contributed by atoms with van der Waals surface area (Å²) in [6.45, 7) is 0. The van der Waals surface area contributed by atoms with Crippen molar-refractivity contribution < 1.29 is 19.5 Å². The molecule has 1 amide bonds. The lowest BCUT2D eigenvalue weighted by Gasteiger charge is -2.05. The maximum atomic E-state index is 12.7. The van der Waals surface area contributed by atoms with Crippen molar-refractivity contribution in [2.45, 2.75) is 0 Å². The quantitative estimate of drug-likeness (QED) is 0.225. The maximum Gasteiger partial charge on any atom is 0.294 e. The number of nitrogen functional groups attached to an aromatic ring is 1. The minimum atomic E-state index is -0.726. The molecule has 0 aliphatic rings. The number of non-ortho nitro benzene ring substituents is 1. The number of nitro groups is 1. The van der Waals surface area contributed by atoms with Crippen molar-refractivity contribution in [1.29, 1.82) is 0 Å². The zero-order valence-corrected chi connectivity index (χ0v) is 16.0. The first-order valence-corrected chi connectivity index (χ1v) is 8.85. The summed E-state index contributed by atoms with van der Waals surface area (Å²) in [5, 5.41) is 39.2. The van der Waals surface area contributed by atoms with Crippen LogP contribution in [0.4, 0.5) is 11.5 Å². The zero-order valence-electron chi connectivity index (χ0n) is 16.0. The summed E-state index contributed by atoms with van der Waals surface area (Å²) >= 11 is 0. The van der Waals surface area contributed by atoms with Crippen LogP contribution in [0, 0.1) is 10.1 Å². The number of hydrogen-bond acceptors (Lipinski definition) is 11. The van der Waals surface area contributed by atoms with Gasteiger partial charge in [0.25, 0.3) is 11.6 Å².